The molecule has 0 N–H and O–H groups in total. The first kappa shape index (κ1) is 39.3. The van der Waals surface area contributed by atoms with E-state index >= 15 is 0 Å². The zero-order valence-electron chi connectivity index (χ0n) is 37.3. The summed E-state index contributed by atoms with van der Waals surface area (Å²) in [5, 5.41) is 7.31. The van der Waals surface area contributed by atoms with E-state index in [2.05, 4.69) is 240 Å². The minimum absolute atomic E-state index is 0.720. The van der Waals surface area contributed by atoms with Crippen LogP contribution in [0.25, 0.3) is 131 Å². The van der Waals surface area contributed by atoms with Crippen LogP contribution >= 0.6 is 11.3 Å². The number of hydrogen-bond acceptors (Lipinski definition) is 3. The molecule has 0 saturated carbocycles. The van der Waals surface area contributed by atoms with Gasteiger partial charge in [0.25, 0.3) is 0 Å². The van der Waals surface area contributed by atoms with Crippen LogP contribution < -0.4 is 0 Å². The number of rotatable bonds is 7. The van der Waals surface area contributed by atoms with Crippen LogP contribution in [0.3, 0.4) is 0 Å². The summed E-state index contributed by atoms with van der Waals surface area (Å²) in [6.07, 6.45) is 0. The Labute approximate surface area is 402 Å². The van der Waals surface area contributed by atoms with Crippen LogP contribution in [0.1, 0.15) is 0 Å². The predicted molar refractivity (Wildman–Crippen MR) is 291 cm³/mol. The van der Waals surface area contributed by atoms with Crippen LogP contribution in [0.15, 0.2) is 243 Å². The molecule has 0 atom stereocenters. The van der Waals surface area contributed by atoms with E-state index in [0.29, 0.717) is 0 Å². The van der Waals surface area contributed by atoms with Crippen molar-refractivity contribution < 1.29 is 0 Å². The highest BCUT2D eigenvalue weighted by molar-refractivity contribution is 7.26. The molecule has 69 heavy (non-hydrogen) atoms. The summed E-state index contributed by atoms with van der Waals surface area (Å²) >= 11 is 1.82. The largest absolute Gasteiger partial charge is 0.309 e. The molecule has 0 aliphatic rings. The van der Waals surface area contributed by atoms with Crippen molar-refractivity contribution >= 4 is 75.1 Å². The minimum atomic E-state index is 0.720. The van der Waals surface area contributed by atoms with Crippen LogP contribution in [-0.4, -0.2) is 19.1 Å². The van der Waals surface area contributed by atoms with E-state index in [1.807, 2.05) is 23.5 Å². The van der Waals surface area contributed by atoms with E-state index < -0.39 is 0 Å². The zero-order valence-corrected chi connectivity index (χ0v) is 38.1. The molecule has 0 radical (unpaired) electrons. The van der Waals surface area contributed by atoms with Crippen molar-refractivity contribution in [3.8, 4) is 67.5 Å². The lowest BCUT2D eigenvalue weighted by molar-refractivity contribution is 1.18. The Morgan fingerprint density at radius 1 is 0.290 bits per heavy atom. The van der Waals surface area contributed by atoms with E-state index in [0.717, 1.165) is 45.3 Å². The fourth-order valence-electron chi connectivity index (χ4n) is 10.5. The summed E-state index contributed by atoms with van der Waals surface area (Å²) in [4.78, 5) is 10.5. The highest BCUT2D eigenvalue weighted by atomic mass is 32.1. The van der Waals surface area contributed by atoms with E-state index in [1.54, 1.807) is 0 Å². The van der Waals surface area contributed by atoms with Gasteiger partial charge in [0.15, 0.2) is 5.82 Å². The molecule has 0 aliphatic heterocycles. The number of aromatic nitrogens is 4. The summed E-state index contributed by atoms with van der Waals surface area (Å²) in [6.45, 7) is 0. The smallest absolute Gasteiger partial charge is 0.161 e. The average Bonchev–Trinajstić information content (AvgIpc) is 4.08. The Morgan fingerprint density at radius 2 is 0.725 bits per heavy atom. The van der Waals surface area contributed by atoms with Crippen molar-refractivity contribution in [2.24, 2.45) is 0 Å². The second-order valence-corrected chi connectivity index (χ2v) is 18.8. The zero-order chi connectivity index (χ0) is 45.4. The van der Waals surface area contributed by atoms with Gasteiger partial charge in [0, 0.05) is 69.8 Å². The molecule has 4 heterocycles. The van der Waals surface area contributed by atoms with Crippen molar-refractivity contribution in [3.63, 3.8) is 0 Å². The second kappa shape index (κ2) is 15.9. The van der Waals surface area contributed by atoms with Crippen molar-refractivity contribution in [1.82, 2.24) is 19.1 Å². The first-order chi connectivity index (χ1) is 34.2. The average molecular weight is 897 g/mol. The van der Waals surface area contributed by atoms with Crippen molar-refractivity contribution in [3.05, 3.63) is 243 Å². The normalized spacial score (nSPS) is 11.8. The molecule has 10 aromatic carbocycles. The number of thiophene rings is 1. The van der Waals surface area contributed by atoms with E-state index in [1.165, 1.54) is 86.0 Å². The fourth-order valence-corrected chi connectivity index (χ4v) is 11.6. The highest BCUT2D eigenvalue weighted by Gasteiger charge is 2.20. The quantitative estimate of drug-likeness (QED) is 0.160. The number of hydrogen-bond donors (Lipinski definition) is 0. The third-order valence-corrected chi connectivity index (χ3v) is 14.9. The molecule has 14 aromatic rings. The maximum Gasteiger partial charge on any atom is 0.161 e. The predicted octanol–water partition coefficient (Wildman–Crippen LogP) is 17.4. The molecule has 0 spiro atoms. The lowest BCUT2D eigenvalue weighted by Gasteiger charge is -2.11. The van der Waals surface area contributed by atoms with Gasteiger partial charge in [0.2, 0.25) is 0 Å². The maximum atomic E-state index is 5.27. The van der Waals surface area contributed by atoms with Gasteiger partial charge in [0.1, 0.15) is 0 Å². The fraction of sp³-hybridized carbons (Fsp3) is 0. The van der Waals surface area contributed by atoms with Crippen LogP contribution in [0, 0.1) is 0 Å². The topological polar surface area (TPSA) is 35.6 Å². The van der Waals surface area contributed by atoms with Gasteiger partial charge in [-0.25, -0.2) is 9.97 Å². The van der Waals surface area contributed by atoms with Crippen molar-refractivity contribution in [2.75, 3.05) is 0 Å². The van der Waals surface area contributed by atoms with E-state index in [-0.39, 0.29) is 0 Å². The Bertz CT molecular complexity index is 4230. The van der Waals surface area contributed by atoms with Gasteiger partial charge in [-0.05, 0) is 113 Å². The summed E-state index contributed by atoms with van der Waals surface area (Å²) in [6, 6.07) is 87.5. The van der Waals surface area contributed by atoms with Crippen molar-refractivity contribution in [2.45, 2.75) is 0 Å². The third kappa shape index (κ3) is 6.51. The lowest BCUT2D eigenvalue weighted by Crippen LogP contribution is -1.96. The molecule has 4 aromatic heterocycles. The maximum absolute atomic E-state index is 5.27. The van der Waals surface area contributed by atoms with Gasteiger partial charge >= 0.3 is 0 Å². The Balaban J connectivity index is 0.931. The number of nitrogens with zero attached hydrogens (tertiary/aromatic N) is 4. The Kier molecular flexibility index (Phi) is 9.04. The molecule has 0 fully saturated rings. The first-order valence-corrected chi connectivity index (χ1v) is 24.2. The number of para-hydroxylation sites is 3. The number of fused-ring (bicyclic) bond motifs is 9. The molecule has 0 bridgehead atoms. The summed E-state index contributed by atoms with van der Waals surface area (Å²) in [7, 11) is 0. The van der Waals surface area contributed by atoms with Gasteiger partial charge in [-0.2, -0.15) is 0 Å². The molecular formula is C64H40N4S. The van der Waals surface area contributed by atoms with Crippen LogP contribution in [0.2, 0.25) is 0 Å². The van der Waals surface area contributed by atoms with E-state index in [4.69, 9.17) is 9.97 Å². The van der Waals surface area contributed by atoms with Gasteiger partial charge in [-0.15, -0.1) is 11.3 Å². The monoisotopic (exact) mass is 896 g/mol. The summed E-state index contributed by atoms with van der Waals surface area (Å²) < 4.78 is 7.23. The standard InChI is InChI=1S/C64H40N4S/c1-5-16-41(17-6-1)55-40-56(42-18-7-2-8-19-42)66-64(65-55)50-25-15-27-62-63(50)54-39-46(31-35-61(54)69-62)45-30-34-60-53(38-45)52-37-44(29-33-59(52)68(60)48-22-11-4-12-23-48)43-28-32-58-51(36-43)49-24-13-14-26-57(49)67(58)47-20-9-3-10-21-47/h1-40H. The molecule has 0 saturated heterocycles. The van der Waals surface area contributed by atoms with Crippen LogP contribution in [-0.2, 0) is 0 Å². The molecule has 0 unspecified atom stereocenters. The van der Waals surface area contributed by atoms with Crippen LogP contribution in [0.5, 0.6) is 0 Å². The summed E-state index contributed by atoms with van der Waals surface area (Å²) in [5.74, 6) is 0.720. The van der Waals surface area contributed by atoms with Gasteiger partial charge in [0.05, 0.1) is 33.5 Å². The minimum Gasteiger partial charge on any atom is -0.309 e. The molecule has 322 valence electrons. The number of benzene rings is 10. The molecule has 0 amide bonds. The molecule has 14 rings (SSSR count). The van der Waals surface area contributed by atoms with Gasteiger partial charge < -0.3 is 9.13 Å². The van der Waals surface area contributed by atoms with Crippen molar-refractivity contribution in [1.29, 1.82) is 0 Å². The van der Waals surface area contributed by atoms with Gasteiger partial charge in [-0.3, -0.25) is 0 Å². The highest BCUT2D eigenvalue weighted by Crippen LogP contribution is 2.44. The Morgan fingerprint density at radius 3 is 1.26 bits per heavy atom. The van der Waals surface area contributed by atoms with Crippen LogP contribution in [0.4, 0.5) is 0 Å². The Hall–Kier alpha value is -8.90. The lowest BCUT2D eigenvalue weighted by atomic mass is 9.98. The molecule has 0 aliphatic carbocycles. The molecule has 4 nitrogen and oxygen atoms in total. The summed E-state index contributed by atoms with van der Waals surface area (Å²) in [5.41, 5.74) is 16.7. The first-order valence-electron chi connectivity index (χ1n) is 23.4. The van der Waals surface area contributed by atoms with Gasteiger partial charge in [-0.1, -0.05) is 152 Å². The van der Waals surface area contributed by atoms with E-state index in [9.17, 15) is 0 Å². The SMILES string of the molecule is c1ccc(-c2cc(-c3ccccc3)nc(-c3cccc4sc5ccc(-c6ccc7c(c6)c6cc(-c8ccc9c(c8)c8ccccc8n9-c8ccccc8)ccc6n7-c6ccccc6)cc5c34)n2)cc1. The molecule has 5 heteroatoms. The third-order valence-electron chi connectivity index (χ3n) is 13.7. The second-order valence-electron chi connectivity index (χ2n) is 17.7. The molecular weight excluding hydrogens is 857 g/mol.